The molecule has 0 saturated carbocycles. The number of nitrogens with zero attached hydrogens (tertiary/aromatic N) is 3. The zero-order valence-corrected chi connectivity index (χ0v) is 12.0. The molecule has 1 N–H and O–H groups in total. The van der Waals surface area contributed by atoms with Gasteiger partial charge in [0.15, 0.2) is 0 Å². The van der Waals surface area contributed by atoms with Gasteiger partial charge < -0.3 is 15.0 Å². The van der Waals surface area contributed by atoms with E-state index in [-0.39, 0.29) is 6.09 Å². The Morgan fingerprint density at radius 3 is 2.74 bits per heavy atom. The van der Waals surface area contributed by atoms with Gasteiger partial charge in [0.05, 0.1) is 5.69 Å². The molecule has 2 rings (SSSR count). The fourth-order valence-corrected chi connectivity index (χ4v) is 1.91. The second kappa shape index (κ2) is 5.21. The van der Waals surface area contributed by atoms with Crippen molar-refractivity contribution in [2.24, 2.45) is 7.05 Å². The molecule has 6 heteroatoms. The smallest absolute Gasteiger partial charge is 0.410 e. The highest BCUT2D eigenvalue weighted by Crippen LogP contribution is 2.15. The maximum Gasteiger partial charge on any atom is 0.410 e. The van der Waals surface area contributed by atoms with Crippen molar-refractivity contribution in [1.29, 1.82) is 0 Å². The monoisotopic (exact) mass is 266 g/mol. The van der Waals surface area contributed by atoms with Gasteiger partial charge in [0.2, 0.25) is 0 Å². The molecule has 0 aliphatic carbocycles. The Bertz CT molecular complexity index is 444. The van der Waals surface area contributed by atoms with Crippen LogP contribution in [0.15, 0.2) is 12.3 Å². The SMILES string of the molecule is Cn1nccc1CNC1CN(C(=O)OC(C)(C)C)C1. The van der Waals surface area contributed by atoms with Crippen molar-refractivity contribution < 1.29 is 9.53 Å². The van der Waals surface area contributed by atoms with E-state index in [4.69, 9.17) is 4.74 Å². The first-order valence-corrected chi connectivity index (χ1v) is 6.53. The summed E-state index contributed by atoms with van der Waals surface area (Å²) in [7, 11) is 1.92. The molecule has 1 aromatic rings. The average Bonchev–Trinajstić information content (AvgIpc) is 2.59. The van der Waals surface area contributed by atoms with Gasteiger partial charge in [0.25, 0.3) is 0 Å². The number of ether oxygens (including phenoxy) is 1. The molecule has 0 spiro atoms. The Morgan fingerprint density at radius 2 is 2.21 bits per heavy atom. The fraction of sp³-hybridized carbons (Fsp3) is 0.692. The van der Waals surface area contributed by atoms with E-state index >= 15 is 0 Å². The Labute approximate surface area is 113 Å². The van der Waals surface area contributed by atoms with Crippen LogP contribution in [0.4, 0.5) is 4.79 Å². The highest BCUT2D eigenvalue weighted by molar-refractivity contribution is 5.69. The Morgan fingerprint density at radius 1 is 1.53 bits per heavy atom. The van der Waals surface area contributed by atoms with Crippen molar-refractivity contribution >= 4 is 6.09 Å². The molecule has 2 heterocycles. The predicted octanol–water partition coefficient (Wildman–Crippen LogP) is 1.13. The molecule has 1 aromatic heterocycles. The van der Waals surface area contributed by atoms with Crippen LogP contribution in [-0.4, -0.2) is 45.5 Å². The van der Waals surface area contributed by atoms with Crippen molar-refractivity contribution in [2.45, 2.75) is 39.0 Å². The Balaban J connectivity index is 1.69. The largest absolute Gasteiger partial charge is 0.444 e. The first kappa shape index (κ1) is 13.9. The molecule has 19 heavy (non-hydrogen) atoms. The predicted molar refractivity (Wildman–Crippen MR) is 71.6 cm³/mol. The van der Waals surface area contributed by atoms with Gasteiger partial charge in [-0.25, -0.2) is 4.79 Å². The lowest BCUT2D eigenvalue weighted by Gasteiger charge is -2.40. The standard InChI is InChI=1S/C13H22N4O2/c1-13(2,3)19-12(18)17-8-10(9-17)14-7-11-5-6-15-16(11)4/h5-6,10,14H,7-9H2,1-4H3. The molecule has 1 amide bonds. The highest BCUT2D eigenvalue weighted by atomic mass is 16.6. The number of amides is 1. The van der Waals surface area contributed by atoms with Crippen LogP contribution in [0.2, 0.25) is 0 Å². The zero-order valence-electron chi connectivity index (χ0n) is 12.0. The average molecular weight is 266 g/mol. The summed E-state index contributed by atoms with van der Waals surface area (Å²) in [5.41, 5.74) is 0.709. The van der Waals surface area contributed by atoms with Gasteiger partial charge in [0.1, 0.15) is 5.60 Å². The summed E-state index contributed by atoms with van der Waals surface area (Å²) in [4.78, 5) is 13.4. The third-order valence-electron chi connectivity index (χ3n) is 3.03. The van der Waals surface area contributed by atoms with E-state index in [1.54, 1.807) is 11.1 Å². The lowest BCUT2D eigenvalue weighted by Crippen LogP contribution is -2.60. The minimum atomic E-state index is -0.426. The van der Waals surface area contributed by atoms with Gasteiger partial charge in [0, 0.05) is 38.9 Å². The van der Waals surface area contributed by atoms with Gasteiger partial charge in [-0.05, 0) is 26.8 Å². The number of hydrogen-bond donors (Lipinski definition) is 1. The van der Waals surface area contributed by atoms with Crippen LogP contribution < -0.4 is 5.32 Å². The van der Waals surface area contributed by atoms with E-state index < -0.39 is 5.60 Å². The van der Waals surface area contributed by atoms with Crippen LogP contribution in [0.25, 0.3) is 0 Å². The zero-order chi connectivity index (χ0) is 14.0. The maximum atomic E-state index is 11.7. The fourth-order valence-electron chi connectivity index (χ4n) is 1.91. The van der Waals surface area contributed by atoms with Crippen LogP contribution >= 0.6 is 0 Å². The van der Waals surface area contributed by atoms with Crippen LogP contribution in [-0.2, 0) is 18.3 Å². The second-order valence-corrected chi connectivity index (χ2v) is 5.91. The first-order chi connectivity index (χ1) is 8.85. The van der Waals surface area contributed by atoms with Crippen LogP contribution in [0.1, 0.15) is 26.5 Å². The molecule has 1 fully saturated rings. The van der Waals surface area contributed by atoms with E-state index in [0.717, 1.165) is 12.2 Å². The minimum Gasteiger partial charge on any atom is -0.444 e. The van der Waals surface area contributed by atoms with Gasteiger partial charge in [-0.3, -0.25) is 4.68 Å². The number of aromatic nitrogens is 2. The Hall–Kier alpha value is -1.56. The molecule has 0 unspecified atom stereocenters. The summed E-state index contributed by atoms with van der Waals surface area (Å²) in [6.07, 6.45) is 1.55. The van der Waals surface area contributed by atoms with Crippen LogP contribution in [0.3, 0.4) is 0 Å². The molecule has 0 aromatic carbocycles. The minimum absolute atomic E-state index is 0.230. The summed E-state index contributed by atoms with van der Waals surface area (Å²) in [6, 6.07) is 2.32. The summed E-state index contributed by atoms with van der Waals surface area (Å²) < 4.78 is 7.15. The van der Waals surface area contributed by atoms with Crippen molar-refractivity contribution in [2.75, 3.05) is 13.1 Å². The molecule has 0 bridgehead atoms. The van der Waals surface area contributed by atoms with Gasteiger partial charge >= 0.3 is 6.09 Å². The number of nitrogens with one attached hydrogen (secondary N) is 1. The molecule has 0 atom stereocenters. The molecule has 1 aliphatic rings. The molecule has 1 aliphatic heterocycles. The Kier molecular flexibility index (Phi) is 3.80. The first-order valence-electron chi connectivity index (χ1n) is 6.53. The number of rotatable bonds is 3. The van der Waals surface area contributed by atoms with Crippen molar-refractivity contribution in [3.63, 3.8) is 0 Å². The van der Waals surface area contributed by atoms with E-state index in [9.17, 15) is 4.79 Å². The van der Waals surface area contributed by atoms with E-state index in [1.807, 2.05) is 38.6 Å². The quantitative estimate of drug-likeness (QED) is 0.891. The molecular formula is C13H22N4O2. The third-order valence-corrected chi connectivity index (χ3v) is 3.03. The van der Waals surface area contributed by atoms with Gasteiger partial charge in [-0.15, -0.1) is 0 Å². The van der Waals surface area contributed by atoms with Crippen molar-refractivity contribution in [3.8, 4) is 0 Å². The number of likely N-dealkylation sites (tertiary alicyclic amines) is 1. The molecule has 106 valence electrons. The number of aryl methyl sites for hydroxylation is 1. The third kappa shape index (κ3) is 3.70. The lowest BCUT2D eigenvalue weighted by molar-refractivity contribution is 0.00513. The summed E-state index contributed by atoms with van der Waals surface area (Å²) >= 11 is 0. The number of carbonyl (C=O) groups excluding carboxylic acids is 1. The van der Waals surface area contributed by atoms with E-state index in [1.165, 1.54) is 0 Å². The second-order valence-electron chi connectivity index (χ2n) is 5.91. The summed E-state index contributed by atoms with van der Waals surface area (Å²) in [5.74, 6) is 0. The summed E-state index contributed by atoms with van der Waals surface area (Å²) in [5, 5.41) is 7.51. The normalized spacial score (nSPS) is 16.3. The van der Waals surface area contributed by atoms with Crippen LogP contribution in [0.5, 0.6) is 0 Å². The topological polar surface area (TPSA) is 59.4 Å². The number of hydrogen-bond acceptors (Lipinski definition) is 4. The molecule has 0 radical (unpaired) electrons. The highest BCUT2D eigenvalue weighted by Gasteiger charge is 2.33. The number of carbonyl (C=O) groups is 1. The maximum absolute atomic E-state index is 11.7. The van der Waals surface area contributed by atoms with Crippen LogP contribution in [0, 0.1) is 0 Å². The molecule has 1 saturated heterocycles. The van der Waals surface area contributed by atoms with Crippen molar-refractivity contribution in [1.82, 2.24) is 20.0 Å². The van der Waals surface area contributed by atoms with E-state index in [0.29, 0.717) is 19.1 Å². The summed E-state index contributed by atoms with van der Waals surface area (Å²) in [6.45, 7) is 7.80. The van der Waals surface area contributed by atoms with Crippen molar-refractivity contribution in [3.05, 3.63) is 18.0 Å². The molecule has 6 nitrogen and oxygen atoms in total. The molecular weight excluding hydrogens is 244 g/mol. The van der Waals surface area contributed by atoms with Gasteiger partial charge in [-0.2, -0.15) is 5.10 Å². The van der Waals surface area contributed by atoms with E-state index in [2.05, 4.69) is 10.4 Å². The lowest BCUT2D eigenvalue weighted by atomic mass is 10.1. The van der Waals surface area contributed by atoms with Gasteiger partial charge in [-0.1, -0.05) is 0 Å².